The zero-order chi connectivity index (χ0) is 45.2. The van der Waals surface area contributed by atoms with Crippen molar-refractivity contribution in [3.05, 3.63) is 253 Å². The van der Waals surface area contributed by atoms with Gasteiger partial charge in [-0.05, 0) is 136 Å². The zero-order valence-corrected chi connectivity index (χ0v) is 38.4. The van der Waals surface area contributed by atoms with E-state index in [0.29, 0.717) is 5.92 Å². The third kappa shape index (κ3) is 6.39. The molecular formula is C66H52N2. The van der Waals surface area contributed by atoms with Crippen molar-refractivity contribution < 1.29 is 0 Å². The molecule has 2 heteroatoms. The van der Waals surface area contributed by atoms with Gasteiger partial charge < -0.3 is 9.47 Å². The molecule has 10 aromatic carbocycles. The smallest absolute Gasteiger partial charge is 0.0543 e. The zero-order valence-electron chi connectivity index (χ0n) is 38.4. The fourth-order valence-electron chi connectivity index (χ4n) is 12.3. The largest absolute Gasteiger partial charge is 0.309 e. The summed E-state index contributed by atoms with van der Waals surface area (Å²) in [6.07, 6.45) is 6.45. The van der Waals surface area contributed by atoms with Crippen LogP contribution in [0.25, 0.3) is 71.6 Å². The van der Waals surface area contributed by atoms with Gasteiger partial charge in [-0.2, -0.15) is 0 Å². The van der Waals surface area contributed by atoms with Crippen LogP contribution in [0.4, 0.5) is 17.1 Å². The summed E-state index contributed by atoms with van der Waals surface area (Å²) in [6.45, 7) is 2.42. The maximum Gasteiger partial charge on any atom is 0.0543 e. The van der Waals surface area contributed by atoms with E-state index < -0.39 is 0 Å². The number of fused-ring (bicyclic) bond motifs is 7. The third-order valence-corrected chi connectivity index (χ3v) is 15.5. The molecule has 2 nitrogen and oxygen atoms in total. The number of nitrogens with zero attached hydrogens (tertiary/aromatic N) is 2. The highest BCUT2D eigenvalue weighted by Gasteiger charge is 2.42. The second-order valence-corrected chi connectivity index (χ2v) is 19.1. The van der Waals surface area contributed by atoms with Gasteiger partial charge in [-0.3, -0.25) is 0 Å². The first-order valence-corrected chi connectivity index (χ1v) is 24.5. The minimum atomic E-state index is -0.328. The second kappa shape index (κ2) is 16.4. The molecule has 0 spiro atoms. The van der Waals surface area contributed by atoms with Gasteiger partial charge in [-0.1, -0.05) is 195 Å². The Morgan fingerprint density at radius 2 is 1.07 bits per heavy atom. The highest BCUT2D eigenvalue weighted by atomic mass is 15.1. The number of aromatic nitrogens is 1. The van der Waals surface area contributed by atoms with E-state index >= 15 is 0 Å². The van der Waals surface area contributed by atoms with Gasteiger partial charge in [0.05, 0.1) is 22.4 Å². The maximum absolute atomic E-state index is 2.56. The maximum atomic E-state index is 2.56. The standard InChI is InChI=1S/C66H52N2/c1-66(49-24-7-3-8-25-49)58-33-14-11-30-56(58)65-59(66)34-19-37-63(65)68(60-35-15-12-28-53(60)55-32-18-23-47-22-17-31-52(64(47)55)46-20-5-2-6-21-46)51-41-38-45(39-42-51)48-40-43-62-57(44-48)54-29-13-16-36-61(54)67(62)50-26-9-4-10-27-50/h3-4,7-19,22-44,46H,2,5-6,20-21H2,1H3. The van der Waals surface area contributed by atoms with E-state index in [0.717, 1.165) is 5.69 Å². The van der Waals surface area contributed by atoms with Crippen LogP contribution in [0.5, 0.6) is 0 Å². The lowest BCUT2D eigenvalue weighted by Gasteiger charge is -2.32. The van der Waals surface area contributed by atoms with E-state index in [1.165, 1.54) is 137 Å². The first-order chi connectivity index (χ1) is 33.6. The van der Waals surface area contributed by atoms with Crippen molar-refractivity contribution in [1.29, 1.82) is 0 Å². The summed E-state index contributed by atoms with van der Waals surface area (Å²) < 4.78 is 2.39. The molecule has 1 atom stereocenters. The molecule has 0 aliphatic heterocycles. The van der Waals surface area contributed by atoms with Crippen molar-refractivity contribution in [3.63, 3.8) is 0 Å². The lowest BCUT2D eigenvalue weighted by atomic mass is 9.74. The number of hydrogen-bond acceptors (Lipinski definition) is 1. The summed E-state index contributed by atoms with van der Waals surface area (Å²) >= 11 is 0. The molecule has 0 amide bonds. The molecule has 1 unspecified atom stereocenters. The second-order valence-electron chi connectivity index (χ2n) is 19.1. The minimum Gasteiger partial charge on any atom is -0.309 e. The van der Waals surface area contributed by atoms with E-state index in [1.54, 1.807) is 0 Å². The molecule has 11 aromatic rings. The molecule has 1 aromatic heterocycles. The summed E-state index contributed by atoms with van der Waals surface area (Å²) in [5.74, 6) is 0.572. The molecule has 2 aliphatic rings. The molecule has 68 heavy (non-hydrogen) atoms. The van der Waals surface area contributed by atoms with Gasteiger partial charge >= 0.3 is 0 Å². The third-order valence-electron chi connectivity index (χ3n) is 15.5. The average molecular weight is 873 g/mol. The normalized spacial score (nSPS) is 15.7. The predicted octanol–water partition coefficient (Wildman–Crippen LogP) is 18.1. The Bertz CT molecular complexity index is 3660. The van der Waals surface area contributed by atoms with Crippen molar-refractivity contribution in [2.75, 3.05) is 4.90 Å². The van der Waals surface area contributed by atoms with E-state index in [-0.39, 0.29) is 5.41 Å². The minimum absolute atomic E-state index is 0.328. The lowest BCUT2D eigenvalue weighted by Crippen LogP contribution is -2.22. The van der Waals surface area contributed by atoms with Crippen LogP contribution in [0, 0.1) is 0 Å². The van der Waals surface area contributed by atoms with E-state index in [4.69, 9.17) is 0 Å². The SMILES string of the molecule is CC1(c2ccccc2)c2ccccc2-c2c(N(c3ccc(-c4ccc5c(c4)c4ccccc4n5-c4ccccc4)cc3)c3ccccc3-c3cccc4cccc(C5CCCCC5)c34)cccc21. The molecule has 0 saturated heterocycles. The topological polar surface area (TPSA) is 8.17 Å². The average Bonchev–Trinajstić information content (AvgIpc) is 3.89. The molecule has 0 N–H and O–H groups in total. The Morgan fingerprint density at radius 3 is 1.90 bits per heavy atom. The first kappa shape index (κ1) is 40.3. The molecule has 2 aliphatic carbocycles. The molecule has 0 radical (unpaired) electrons. The van der Waals surface area contributed by atoms with Crippen molar-refractivity contribution >= 4 is 49.6 Å². The summed E-state index contributed by atoms with van der Waals surface area (Å²) in [5, 5.41) is 5.22. The van der Waals surface area contributed by atoms with Crippen LogP contribution in [0.2, 0.25) is 0 Å². The van der Waals surface area contributed by atoms with Crippen LogP contribution in [0.3, 0.4) is 0 Å². The highest BCUT2D eigenvalue weighted by Crippen LogP contribution is 2.57. The van der Waals surface area contributed by atoms with Gasteiger partial charge in [-0.15, -0.1) is 0 Å². The molecule has 1 fully saturated rings. The number of hydrogen-bond donors (Lipinski definition) is 0. The van der Waals surface area contributed by atoms with E-state index in [1.807, 2.05) is 0 Å². The summed E-state index contributed by atoms with van der Waals surface area (Å²) in [6, 6.07) is 86.1. The van der Waals surface area contributed by atoms with Crippen LogP contribution in [0.15, 0.2) is 231 Å². The molecule has 326 valence electrons. The van der Waals surface area contributed by atoms with Crippen LogP contribution in [0.1, 0.15) is 67.2 Å². The van der Waals surface area contributed by atoms with Crippen LogP contribution in [-0.2, 0) is 5.41 Å². The Labute approximate surface area is 399 Å². The fraction of sp³-hybridized carbons (Fsp3) is 0.121. The van der Waals surface area contributed by atoms with Gasteiger partial charge in [0.1, 0.15) is 0 Å². The van der Waals surface area contributed by atoms with E-state index in [9.17, 15) is 0 Å². The van der Waals surface area contributed by atoms with Gasteiger partial charge in [0.25, 0.3) is 0 Å². The predicted molar refractivity (Wildman–Crippen MR) is 287 cm³/mol. The van der Waals surface area contributed by atoms with Crippen LogP contribution >= 0.6 is 0 Å². The van der Waals surface area contributed by atoms with Gasteiger partial charge in [-0.25, -0.2) is 0 Å². The Balaban J connectivity index is 1.02. The number of benzene rings is 10. The lowest BCUT2D eigenvalue weighted by molar-refractivity contribution is 0.445. The fourth-order valence-corrected chi connectivity index (χ4v) is 12.3. The number of para-hydroxylation sites is 3. The van der Waals surface area contributed by atoms with Crippen molar-refractivity contribution in [1.82, 2.24) is 4.57 Å². The first-order valence-electron chi connectivity index (χ1n) is 24.5. The quantitative estimate of drug-likeness (QED) is 0.148. The Kier molecular flexibility index (Phi) is 9.75. The number of rotatable bonds is 8. The molecule has 13 rings (SSSR count). The molecule has 1 heterocycles. The van der Waals surface area contributed by atoms with Crippen molar-refractivity contribution in [3.8, 4) is 39.1 Å². The Morgan fingerprint density at radius 1 is 0.456 bits per heavy atom. The van der Waals surface area contributed by atoms with Gasteiger partial charge in [0.2, 0.25) is 0 Å². The molecule has 0 bridgehead atoms. The summed E-state index contributed by atoms with van der Waals surface area (Å²) in [4.78, 5) is 2.56. The van der Waals surface area contributed by atoms with Gasteiger partial charge in [0, 0.05) is 38.7 Å². The highest BCUT2D eigenvalue weighted by molar-refractivity contribution is 6.11. The van der Waals surface area contributed by atoms with Gasteiger partial charge in [0.15, 0.2) is 0 Å². The van der Waals surface area contributed by atoms with Crippen LogP contribution < -0.4 is 4.90 Å². The van der Waals surface area contributed by atoms with Crippen molar-refractivity contribution in [2.24, 2.45) is 0 Å². The molecule has 1 saturated carbocycles. The summed E-state index contributed by atoms with van der Waals surface area (Å²) in [7, 11) is 0. The summed E-state index contributed by atoms with van der Waals surface area (Å²) in [5.41, 5.74) is 19.7. The number of anilines is 3. The van der Waals surface area contributed by atoms with E-state index in [2.05, 4.69) is 247 Å². The Hall–Kier alpha value is -7.94. The monoisotopic (exact) mass is 872 g/mol. The van der Waals surface area contributed by atoms with Crippen molar-refractivity contribution in [2.45, 2.75) is 50.4 Å². The van der Waals surface area contributed by atoms with Crippen LogP contribution in [-0.4, -0.2) is 4.57 Å². The molecular weight excluding hydrogens is 821 g/mol.